The van der Waals surface area contributed by atoms with Gasteiger partial charge in [-0.1, -0.05) is 48.5 Å². The average molecular weight is 365 g/mol. The van der Waals surface area contributed by atoms with Gasteiger partial charge in [0, 0.05) is 19.2 Å². The van der Waals surface area contributed by atoms with Crippen LogP contribution in [0.4, 0.5) is 4.79 Å². The van der Waals surface area contributed by atoms with E-state index in [4.69, 9.17) is 9.47 Å². The van der Waals surface area contributed by atoms with Crippen LogP contribution in [-0.4, -0.2) is 34.9 Å². The summed E-state index contributed by atoms with van der Waals surface area (Å²) in [4.78, 5) is 37.8. The van der Waals surface area contributed by atoms with Gasteiger partial charge in [-0.3, -0.25) is 14.5 Å². The molecule has 1 aliphatic heterocycles. The third-order valence-electron chi connectivity index (χ3n) is 4.13. The van der Waals surface area contributed by atoms with Crippen LogP contribution in [0.25, 0.3) is 0 Å². The lowest BCUT2D eigenvalue weighted by Crippen LogP contribution is -2.53. The Morgan fingerprint density at radius 2 is 1.63 bits per heavy atom. The van der Waals surface area contributed by atoms with Gasteiger partial charge in [0.25, 0.3) is 0 Å². The monoisotopic (exact) mass is 365 g/mol. The van der Waals surface area contributed by atoms with Crippen molar-refractivity contribution in [3.63, 3.8) is 0 Å². The van der Waals surface area contributed by atoms with Gasteiger partial charge in [-0.2, -0.15) is 0 Å². The minimum absolute atomic E-state index is 0.332. The van der Waals surface area contributed by atoms with Gasteiger partial charge in [-0.25, -0.2) is 4.79 Å². The van der Waals surface area contributed by atoms with Gasteiger partial charge in [0.05, 0.1) is 6.04 Å². The summed E-state index contributed by atoms with van der Waals surface area (Å²) in [6.45, 7) is 1.23. The highest BCUT2D eigenvalue weighted by atomic mass is 16.6. The molecule has 0 N–H and O–H groups in total. The summed E-state index contributed by atoms with van der Waals surface area (Å²) in [5, 5.41) is 0. The van der Waals surface area contributed by atoms with Crippen molar-refractivity contribution in [2.75, 3.05) is 0 Å². The first-order chi connectivity index (χ1) is 13.0. The van der Waals surface area contributed by atoms with Crippen LogP contribution >= 0.6 is 0 Å². The minimum atomic E-state index is -1.09. The number of hydrogen-bond donors (Lipinski definition) is 0. The predicted octanol–water partition coefficient (Wildman–Crippen LogP) is 3.13. The maximum absolute atomic E-state index is 12.7. The number of rotatable bonds is 4. The molecule has 0 radical (unpaired) electrons. The normalized spacial score (nSPS) is 18.9. The van der Waals surface area contributed by atoms with Crippen molar-refractivity contribution in [3.05, 3.63) is 78.5 Å². The van der Waals surface area contributed by atoms with E-state index < -0.39 is 24.2 Å². The zero-order valence-electron chi connectivity index (χ0n) is 14.8. The number of amides is 1. The molecule has 27 heavy (non-hydrogen) atoms. The van der Waals surface area contributed by atoms with E-state index in [-0.39, 0.29) is 5.78 Å². The summed E-state index contributed by atoms with van der Waals surface area (Å²) in [6, 6.07) is 17.3. The highest BCUT2D eigenvalue weighted by Gasteiger charge is 2.40. The first-order valence-corrected chi connectivity index (χ1v) is 8.53. The van der Waals surface area contributed by atoms with Crippen LogP contribution < -0.4 is 4.74 Å². The van der Waals surface area contributed by atoms with Crippen molar-refractivity contribution in [2.24, 2.45) is 0 Å². The maximum atomic E-state index is 12.7. The van der Waals surface area contributed by atoms with Crippen LogP contribution in [0.15, 0.2) is 72.9 Å². The number of hydrogen-bond acceptors (Lipinski definition) is 5. The molecular weight excluding hydrogens is 346 g/mol. The number of para-hydroxylation sites is 1. The molecule has 0 saturated carbocycles. The highest BCUT2D eigenvalue weighted by molar-refractivity contribution is 5.97. The molecule has 0 fully saturated rings. The standard InChI is InChI=1S/C21H19NO5/c1-15(23)26-20-18(14-16-8-4-2-5-9-16)22(13-12-19(20)24)21(25)27-17-10-6-3-7-11-17/h2-13,18,20H,14H2,1H3/t18-,20-/m1/s1. The van der Waals surface area contributed by atoms with Gasteiger partial charge in [0.2, 0.25) is 0 Å². The van der Waals surface area contributed by atoms with E-state index in [1.54, 1.807) is 24.3 Å². The van der Waals surface area contributed by atoms with Crippen LogP contribution in [0.5, 0.6) is 5.75 Å². The van der Waals surface area contributed by atoms with Gasteiger partial charge < -0.3 is 9.47 Å². The molecule has 6 heteroatoms. The number of carbonyl (C=O) groups is 3. The Kier molecular flexibility index (Phi) is 5.66. The molecule has 2 aromatic rings. The largest absolute Gasteiger partial charge is 0.452 e. The topological polar surface area (TPSA) is 72.9 Å². The van der Waals surface area contributed by atoms with Gasteiger partial charge in [0.1, 0.15) is 5.75 Å². The first-order valence-electron chi connectivity index (χ1n) is 8.53. The lowest BCUT2D eigenvalue weighted by molar-refractivity contribution is -0.155. The molecule has 0 aromatic heterocycles. The summed E-state index contributed by atoms with van der Waals surface area (Å²) in [5.41, 5.74) is 0.903. The Hall–Kier alpha value is -3.41. The molecule has 1 heterocycles. The molecule has 0 spiro atoms. The number of ketones is 1. The molecule has 2 aromatic carbocycles. The second-order valence-corrected chi connectivity index (χ2v) is 6.09. The van der Waals surface area contributed by atoms with E-state index in [2.05, 4.69) is 0 Å². The molecule has 1 amide bonds. The van der Waals surface area contributed by atoms with Crippen molar-refractivity contribution < 1.29 is 23.9 Å². The SMILES string of the molecule is CC(=O)O[C@H]1C(=O)C=CN(C(=O)Oc2ccccc2)[C@@H]1Cc1ccccc1. The maximum Gasteiger partial charge on any atom is 0.419 e. The van der Waals surface area contributed by atoms with E-state index >= 15 is 0 Å². The van der Waals surface area contributed by atoms with E-state index in [1.165, 1.54) is 24.1 Å². The van der Waals surface area contributed by atoms with Crippen molar-refractivity contribution in [2.45, 2.75) is 25.5 Å². The summed E-state index contributed by atoms with van der Waals surface area (Å²) >= 11 is 0. The summed E-state index contributed by atoms with van der Waals surface area (Å²) in [6.07, 6.45) is 1.19. The zero-order valence-corrected chi connectivity index (χ0v) is 14.8. The summed E-state index contributed by atoms with van der Waals surface area (Å²) in [5.74, 6) is -0.566. The third kappa shape index (κ3) is 4.61. The summed E-state index contributed by atoms with van der Waals surface area (Å²) < 4.78 is 10.6. The van der Waals surface area contributed by atoms with E-state index in [9.17, 15) is 14.4 Å². The van der Waals surface area contributed by atoms with Crippen LogP contribution in [0.1, 0.15) is 12.5 Å². The van der Waals surface area contributed by atoms with Crippen LogP contribution in [-0.2, 0) is 20.7 Å². The molecule has 3 rings (SSSR count). The molecular formula is C21H19NO5. The Morgan fingerprint density at radius 1 is 1.00 bits per heavy atom. The third-order valence-corrected chi connectivity index (χ3v) is 4.13. The van der Waals surface area contributed by atoms with Gasteiger partial charge >= 0.3 is 12.1 Å². The summed E-state index contributed by atoms with van der Waals surface area (Å²) in [7, 11) is 0. The van der Waals surface area contributed by atoms with E-state index in [0.717, 1.165) is 5.56 Å². The highest BCUT2D eigenvalue weighted by Crippen LogP contribution is 2.23. The number of benzene rings is 2. The van der Waals surface area contributed by atoms with Crippen LogP contribution in [0.3, 0.4) is 0 Å². The lowest BCUT2D eigenvalue weighted by Gasteiger charge is -2.35. The van der Waals surface area contributed by atoms with E-state index in [1.807, 2.05) is 36.4 Å². The number of ether oxygens (including phenoxy) is 2. The fourth-order valence-electron chi connectivity index (χ4n) is 2.91. The Morgan fingerprint density at radius 3 is 2.26 bits per heavy atom. The number of carbonyl (C=O) groups excluding carboxylic acids is 3. The van der Waals surface area contributed by atoms with Crippen molar-refractivity contribution >= 4 is 17.8 Å². The van der Waals surface area contributed by atoms with Crippen LogP contribution in [0.2, 0.25) is 0 Å². The minimum Gasteiger partial charge on any atom is -0.452 e. The van der Waals surface area contributed by atoms with Gasteiger partial charge in [-0.05, 0) is 24.1 Å². The lowest BCUT2D eigenvalue weighted by atomic mass is 9.95. The van der Waals surface area contributed by atoms with Crippen molar-refractivity contribution in [1.82, 2.24) is 4.90 Å². The Bertz CT molecular complexity index is 847. The van der Waals surface area contributed by atoms with Crippen LogP contribution in [0, 0.1) is 0 Å². The van der Waals surface area contributed by atoms with Crippen molar-refractivity contribution in [3.8, 4) is 5.75 Å². The fourth-order valence-corrected chi connectivity index (χ4v) is 2.91. The first kappa shape index (κ1) is 18.4. The average Bonchev–Trinajstić information content (AvgIpc) is 2.66. The van der Waals surface area contributed by atoms with E-state index in [0.29, 0.717) is 12.2 Å². The molecule has 6 nitrogen and oxygen atoms in total. The quantitative estimate of drug-likeness (QED) is 0.779. The fraction of sp³-hybridized carbons (Fsp3) is 0.190. The number of nitrogens with zero attached hydrogens (tertiary/aromatic N) is 1. The smallest absolute Gasteiger partial charge is 0.419 e. The Labute approximate surface area is 157 Å². The second-order valence-electron chi connectivity index (χ2n) is 6.09. The molecule has 1 aliphatic rings. The molecule has 2 atom stereocenters. The van der Waals surface area contributed by atoms with Crippen molar-refractivity contribution in [1.29, 1.82) is 0 Å². The molecule has 0 unspecified atom stereocenters. The molecule has 0 saturated heterocycles. The van der Waals surface area contributed by atoms with Gasteiger partial charge in [-0.15, -0.1) is 0 Å². The predicted molar refractivity (Wildman–Crippen MR) is 97.9 cm³/mol. The Balaban J connectivity index is 1.88. The molecule has 138 valence electrons. The second kappa shape index (κ2) is 8.31. The van der Waals surface area contributed by atoms with Gasteiger partial charge in [0.15, 0.2) is 11.9 Å². The zero-order chi connectivity index (χ0) is 19.2. The number of esters is 1. The molecule has 0 bridgehead atoms. The molecule has 0 aliphatic carbocycles.